The van der Waals surface area contributed by atoms with Crippen LogP contribution < -0.4 is 10.6 Å². The van der Waals surface area contributed by atoms with Crippen LogP contribution in [0.1, 0.15) is 66.3 Å². The van der Waals surface area contributed by atoms with Crippen molar-refractivity contribution < 1.29 is 9.59 Å². The molecule has 6 nitrogen and oxygen atoms in total. The highest BCUT2D eigenvalue weighted by atomic mass is 35.5. The van der Waals surface area contributed by atoms with Crippen LogP contribution in [0.3, 0.4) is 0 Å². The van der Waals surface area contributed by atoms with Crippen LogP contribution in [0.25, 0.3) is 0 Å². The number of rotatable bonds is 5. The Labute approximate surface area is 169 Å². The van der Waals surface area contributed by atoms with Crippen LogP contribution in [0.5, 0.6) is 0 Å². The molecule has 7 heteroatoms. The Morgan fingerprint density at radius 2 is 1.96 bits per heavy atom. The van der Waals surface area contributed by atoms with Crippen molar-refractivity contribution in [2.75, 3.05) is 5.32 Å². The molecule has 2 N–H and O–H groups in total. The van der Waals surface area contributed by atoms with Crippen molar-refractivity contribution in [2.45, 2.75) is 51.0 Å². The zero-order valence-corrected chi connectivity index (χ0v) is 16.3. The molecule has 4 rings (SSSR count). The highest BCUT2D eigenvalue weighted by Gasteiger charge is 2.26. The van der Waals surface area contributed by atoms with Gasteiger partial charge in [0.1, 0.15) is 5.82 Å². The van der Waals surface area contributed by atoms with Crippen LogP contribution in [0.15, 0.2) is 30.6 Å². The number of hydrogen-bond acceptors (Lipinski definition) is 4. The van der Waals surface area contributed by atoms with E-state index in [1.165, 1.54) is 32.1 Å². The van der Waals surface area contributed by atoms with Crippen molar-refractivity contribution >= 4 is 29.1 Å². The van der Waals surface area contributed by atoms with Gasteiger partial charge in [-0.2, -0.15) is 0 Å². The van der Waals surface area contributed by atoms with Gasteiger partial charge in [0, 0.05) is 18.1 Å². The molecule has 1 atom stereocenters. The maximum atomic E-state index is 13.0. The number of nitrogens with one attached hydrogen (secondary N) is 2. The Balaban J connectivity index is 1.55. The lowest BCUT2D eigenvalue weighted by Gasteiger charge is -2.26. The van der Waals surface area contributed by atoms with Gasteiger partial charge in [-0.3, -0.25) is 9.59 Å². The fourth-order valence-corrected chi connectivity index (χ4v) is 4.38. The minimum Gasteiger partial charge on any atom is -0.342 e. The van der Waals surface area contributed by atoms with E-state index in [9.17, 15) is 9.59 Å². The highest BCUT2D eigenvalue weighted by Crippen LogP contribution is 2.33. The van der Waals surface area contributed by atoms with Gasteiger partial charge in [-0.25, -0.2) is 9.97 Å². The molecule has 2 aliphatic rings. The largest absolute Gasteiger partial charge is 0.342 e. The number of carbonyl (C=O) groups excluding carboxylic acids is 2. The molecule has 1 aliphatic heterocycles. The number of aromatic nitrogens is 2. The van der Waals surface area contributed by atoms with Gasteiger partial charge < -0.3 is 10.6 Å². The Kier molecular flexibility index (Phi) is 5.57. The molecule has 28 heavy (non-hydrogen) atoms. The summed E-state index contributed by atoms with van der Waals surface area (Å²) in [5.74, 6) is 0.826. The Morgan fingerprint density at radius 1 is 1.21 bits per heavy atom. The SMILES string of the molecule is O=C1Cc2cc(C(=O)NC(CC3CCCCC3)c3ncccn3)c(Cl)cc2N1. The minimum absolute atomic E-state index is 0.0866. The molecular weight excluding hydrogens is 376 g/mol. The van der Waals surface area contributed by atoms with Crippen molar-refractivity contribution in [2.24, 2.45) is 5.92 Å². The second-order valence-corrected chi connectivity index (χ2v) is 7.99. The van der Waals surface area contributed by atoms with Crippen LogP contribution in [-0.4, -0.2) is 21.8 Å². The van der Waals surface area contributed by atoms with Crippen LogP contribution >= 0.6 is 11.6 Å². The van der Waals surface area contributed by atoms with Crippen LogP contribution in [0, 0.1) is 5.92 Å². The summed E-state index contributed by atoms with van der Waals surface area (Å²) in [7, 11) is 0. The first-order valence-corrected chi connectivity index (χ1v) is 10.2. The second-order valence-electron chi connectivity index (χ2n) is 7.59. The first-order chi connectivity index (χ1) is 13.6. The fourth-order valence-electron chi connectivity index (χ4n) is 4.13. The molecule has 0 bridgehead atoms. The first-order valence-electron chi connectivity index (χ1n) is 9.80. The number of amides is 2. The van der Waals surface area contributed by atoms with Crippen LogP contribution in [-0.2, 0) is 11.2 Å². The summed E-state index contributed by atoms with van der Waals surface area (Å²) in [6.07, 6.45) is 10.6. The average Bonchev–Trinajstić information content (AvgIpc) is 3.07. The lowest BCUT2D eigenvalue weighted by Crippen LogP contribution is -2.32. The summed E-state index contributed by atoms with van der Waals surface area (Å²) >= 11 is 6.33. The average molecular weight is 399 g/mol. The van der Waals surface area contributed by atoms with E-state index in [2.05, 4.69) is 20.6 Å². The molecule has 2 aromatic rings. The number of halogens is 1. The van der Waals surface area contributed by atoms with Crippen molar-refractivity contribution in [1.82, 2.24) is 15.3 Å². The Bertz CT molecular complexity index is 881. The third-order valence-electron chi connectivity index (χ3n) is 5.56. The normalized spacial score (nSPS) is 17.7. The fraction of sp³-hybridized carbons (Fsp3) is 0.429. The number of fused-ring (bicyclic) bond motifs is 1. The molecule has 1 fully saturated rings. The third kappa shape index (κ3) is 4.17. The van der Waals surface area contributed by atoms with E-state index in [-0.39, 0.29) is 24.3 Å². The van der Waals surface area contributed by atoms with E-state index in [0.717, 1.165) is 12.0 Å². The second kappa shape index (κ2) is 8.27. The lowest BCUT2D eigenvalue weighted by molar-refractivity contribution is -0.115. The Hall–Kier alpha value is -2.47. The van der Waals surface area contributed by atoms with E-state index in [1.807, 2.05) is 0 Å². The molecular formula is C21H23ClN4O2. The van der Waals surface area contributed by atoms with E-state index >= 15 is 0 Å². The van der Waals surface area contributed by atoms with Crippen molar-refractivity contribution in [1.29, 1.82) is 0 Å². The van der Waals surface area contributed by atoms with Gasteiger partial charge in [0.15, 0.2) is 0 Å². The summed E-state index contributed by atoms with van der Waals surface area (Å²) in [6, 6.07) is 4.85. The van der Waals surface area contributed by atoms with Crippen LogP contribution in [0.2, 0.25) is 5.02 Å². The number of benzene rings is 1. The zero-order valence-electron chi connectivity index (χ0n) is 15.6. The highest BCUT2D eigenvalue weighted by molar-refractivity contribution is 6.34. The molecule has 2 heterocycles. The van der Waals surface area contributed by atoms with Gasteiger partial charge >= 0.3 is 0 Å². The van der Waals surface area contributed by atoms with E-state index < -0.39 is 0 Å². The summed E-state index contributed by atoms with van der Waals surface area (Å²) in [6.45, 7) is 0. The molecule has 0 radical (unpaired) electrons. The minimum atomic E-state index is -0.264. The molecule has 2 amide bonds. The number of carbonyl (C=O) groups is 2. The molecule has 0 saturated heterocycles. The molecule has 1 aromatic heterocycles. The summed E-state index contributed by atoms with van der Waals surface area (Å²) in [5, 5.41) is 6.16. The quantitative estimate of drug-likeness (QED) is 0.795. The van der Waals surface area contributed by atoms with E-state index in [0.29, 0.717) is 28.0 Å². The Morgan fingerprint density at radius 3 is 2.71 bits per heavy atom. The standard InChI is InChI=1S/C21H23ClN4O2/c22-16-12-17-14(11-19(27)25-17)10-15(16)21(28)26-18(20-23-7-4-8-24-20)9-13-5-2-1-3-6-13/h4,7-8,10,12-13,18H,1-3,5-6,9,11H2,(H,25,27)(H,26,28). The van der Waals surface area contributed by atoms with Gasteiger partial charge in [-0.05, 0) is 36.1 Å². The third-order valence-corrected chi connectivity index (χ3v) is 5.87. The zero-order chi connectivity index (χ0) is 19.5. The first kappa shape index (κ1) is 18.9. The molecule has 0 spiro atoms. The van der Waals surface area contributed by atoms with E-state index in [1.54, 1.807) is 30.6 Å². The van der Waals surface area contributed by atoms with Crippen LogP contribution in [0.4, 0.5) is 5.69 Å². The van der Waals surface area contributed by atoms with Gasteiger partial charge in [0.05, 0.1) is 23.0 Å². The molecule has 1 unspecified atom stereocenters. The monoisotopic (exact) mass is 398 g/mol. The van der Waals surface area contributed by atoms with Gasteiger partial charge in [0.2, 0.25) is 5.91 Å². The number of nitrogens with zero attached hydrogens (tertiary/aromatic N) is 2. The summed E-state index contributed by atoms with van der Waals surface area (Å²) < 4.78 is 0. The van der Waals surface area contributed by atoms with E-state index in [4.69, 9.17) is 11.6 Å². The maximum absolute atomic E-state index is 13.0. The molecule has 1 saturated carbocycles. The maximum Gasteiger partial charge on any atom is 0.253 e. The van der Waals surface area contributed by atoms with Gasteiger partial charge in [0.25, 0.3) is 5.91 Å². The summed E-state index contributed by atoms with van der Waals surface area (Å²) in [5.41, 5.74) is 1.84. The van der Waals surface area contributed by atoms with Gasteiger partial charge in [-0.1, -0.05) is 43.7 Å². The topological polar surface area (TPSA) is 84.0 Å². The predicted octanol–water partition coefficient (Wildman–Crippen LogP) is 4.07. The number of anilines is 1. The van der Waals surface area contributed by atoms with Crippen molar-refractivity contribution in [3.63, 3.8) is 0 Å². The summed E-state index contributed by atoms with van der Waals surface area (Å²) in [4.78, 5) is 33.4. The predicted molar refractivity (Wildman–Crippen MR) is 107 cm³/mol. The van der Waals surface area contributed by atoms with Gasteiger partial charge in [-0.15, -0.1) is 0 Å². The molecule has 1 aliphatic carbocycles. The number of hydrogen-bond donors (Lipinski definition) is 2. The van der Waals surface area contributed by atoms with Crippen molar-refractivity contribution in [3.8, 4) is 0 Å². The molecule has 1 aromatic carbocycles. The smallest absolute Gasteiger partial charge is 0.253 e. The molecule has 146 valence electrons. The van der Waals surface area contributed by atoms with Crippen molar-refractivity contribution in [3.05, 3.63) is 52.6 Å². The lowest BCUT2D eigenvalue weighted by atomic mass is 9.84.